The molecule has 1 fully saturated rings. The Bertz CT molecular complexity index is 889. The van der Waals surface area contributed by atoms with E-state index in [1.807, 2.05) is 62.3 Å². The highest BCUT2D eigenvalue weighted by atomic mass is 16.2. The second kappa shape index (κ2) is 10.5. The molecule has 1 atom stereocenters. The zero-order valence-electron chi connectivity index (χ0n) is 19.2. The van der Waals surface area contributed by atoms with E-state index in [-0.39, 0.29) is 23.8 Å². The molecule has 3 rings (SSSR count). The average Bonchev–Trinajstić information content (AvgIpc) is 3.32. The molecule has 0 aromatic heterocycles. The Morgan fingerprint density at radius 2 is 1.74 bits per heavy atom. The molecular weight excluding hydrogens is 386 g/mol. The number of rotatable bonds is 8. The van der Waals surface area contributed by atoms with Gasteiger partial charge in [0.15, 0.2) is 0 Å². The van der Waals surface area contributed by atoms with Crippen LogP contribution in [0.4, 0.5) is 11.4 Å². The quantitative estimate of drug-likeness (QED) is 0.622. The number of nitrogens with zero attached hydrogens (tertiary/aromatic N) is 2. The number of amides is 2. The zero-order chi connectivity index (χ0) is 22.4. The maximum atomic E-state index is 12.9. The fourth-order valence-corrected chi connectivity index (χ4v) is 4.40. The third kappa shape index (κ3) is 5.66. The minimum Gasteiger partial charge on any atom is -0.377 e. The largest absolute Gasteiger partial charge is 0.377 e. The van der Waals surface area contributed by atoms with Crippen molar-refractivity contribution in [3.8, 4) is 0 Å². The van der Waals surface area contributed by atoms with Gasteiger partial charge in [0.25, 0.3) is 0 Å². The van der Waals surface area contributed by atoms with Gasteiger partial charge >= 0.3 is 0 Å². The van der Waals surface area contributed by atoms with Gasteiger partial charge in [-0.2, -0.15) is 0 Å². The van der Waals surface area contributed by atoms with E-state index in [0.717, 1.165) is 48.2 Å². The van der Waals surface area contributed by atoms with Crippen LogP contribution in [0.5, 0.6) is 0 Å². The van der Waals surface area contributed by atoms with Crippen molar-refractivity contribution >= 4 is 23.2 Å². The van der Waals surface area contributed by atoms with Gasteiger partial charge in [-0.05, 0) is 49.1 Å². The lowest BCUT2D eigenvalue weighted by atomic mass is 10.0. The van der Waals surface area contributed by atoms with Crippen LogP contribution >= 0.6 is 0 Å². The number of anilines is 2. The summed E-state index contributed by atoms with van der Waals surface area (Å²) in [6.45, 7) is 4.46. The summed E-state index contributed by atoms with van der Waals surface area (Å²) in [6.07, 6.45) is 4.67. The van der Waals surface area contributed by atoms with Crippen LogP contribution in [0.25, 0.3) is 0 Å². The number of carbonyl (C=O) groups is 2. The first kappa shape index (κ1) is 22.9. The second-order valence-electron chi connectivity index (χ2n) is 8.67. The molecule has 5 nitrogen and oxygen atoms in total. The Balaban J connectivity index is 1.88. The zero-order valence-corrected chi connectivity index (χ0v) is 19.2. The fraction of sp³-hybridized carbons (Fsp3) is 0.462. The summed E-state index contributed by atoms with van der Waals surface area (Å²) >= 11 is 0. The minimum absolute atomic E-state index is 0.0413. The summed E-state index contributed by atoms with van der Waals surface area (Å²) in [5, 5.41) is 3.11. The Hall–Kier alpha value is -2.82. The van der Waals surface area contributed by atoms with E-state index in [9.17, 15) is 9.59 Å². The number of nitrogens with one attached hydrogen (secondary N) is 1. The molecular formula is C26H35N3O2. The van der Waals surface area contributed by atoms with E-state index >= 15 is 0 Å². The lowest BCUT2D eigenvalue weighted by Gasteiger charge is -2.31. The molecule has 31 heavy (non-hydrogen) atoms. The lowest BCUT2D eigenvalue weighted by Crippen LogP contribution is -2.33. The van der Waals surface area contributed by atoms with E-state index in [2.05, 4.69) is 29.3 Å². The fourth-order valence-electron chi connectivity index (χ4n) is 4.40. The van der Waals surface area contributed by atoms with Crippen molar-refractivity contribution in [2.24, 2.45) is 5.92 Å². The summed E-state index contributed by atoms with van der Waals surface area (Å²) in [5.74, 6) is 0.342. The molecule has 0 unspecified atom stereocenters. The van der Waals surface area contributed by atoms with Crippen LogP contribution in [0, 0.1) is 5.92 Å². The highest BCUT2D eigenvalue weighted by molar-refractivity contribution is 5.93. The van der Waals surface area contributed by atoms with Crippen LogP contribution in [-0.2, 0) is 16.1 Å². The van der Waals surface area contributed by atoms with Crippen molar-refractivity contribution in [3.63, 3.8) is 0 Å². The summed E-state index contributed by atoms with van der Waals surface area (Å²) in [7, 11) is 4.00. The molecule has 0 bridgehead atoms. The van der Waals surface area contributed by atoms with Crippen LogP contribution in [-0.4, -0.2) is 30.8 Å². The van der Waals surface area contributed by atoms with Crippen LogP contribution in [0.2, 0.25) is 0 Å². The lowest BCUT2D eigenvalue weighted by molar-refractivity contribution is -0.133. The van der Waals surface area contributed by atoms with Gasteiger partial charge in [0, 0.05) is 44.4 Å². The highest BCUT2D eigenvalue weighted by Gasteiger charge is 2.24. The van der Waals surface area contributed by atoms with Gasteiger partial charge in [-0.1, -0.05) is 50.1 Å². The first-order valence-electron chi connectivity index (χ1n) is 11.4. The number of benzene rings is 2. The Kier molecular flexibility index (Phi) is 7.72. The normalized spacial score (nSPS) is 14.8. The summed E-state index contributed by atoms with van der Waals surface area (Å²) in [4.78, 5) is 29.5. The Morgan fingerprint density at radius 3 is 2.35 bits per heavy atom. The molecule has 5 heteroatoms. The molecule has 0 spiro atoms. The van der Waals surface area contributed by atoms with Crippen LogP contribution < -0.4 is 10.2 Å². The average molecular weight is 422 g/mol. The molecule has 0 aliphatic heterocycles. The molecule has 166 valence electrons. The first-order chi connectivity index (χ1) is 14.9. The first-order valence-corrected chi connectivity index (χ1v) is 11.4. The standard InChI is InChI=1S/C26H35N3O2/c1-5-25(30)29(19(2)20-11-7-6-8-12-20)18-22-17-23(15-16-24(22)28(3)4)27-26(31)21-13-9-10-14-21/h6-8,11-12,15-17,19,21H,5,9-10,13-14,18H2,1-4H3,(H,27,31)/t19-/m1/s1. The number of hydrogen-bond donors (Lipinski definition) is 1. The van der Waals surface area contributed by atoms with E-state index in [1.54, 1.807) is 0 Å². The van der Waals surface area contributed by atoms with Gasteiger partial charge < -0.3 is 15.1 Å². The van der Waals surface area contributed by atoms with Crippen molar-refractivity contribution in [2.45, 2.75) is 58.5 Å². The minimum atomic E-state index is -0.0413. The third-order valence-corrected chi connectivity index (χ3v) is 6.27. The molecule has 2 aromatic rings. The Labute approximate surface area is 186 Å². The van der Waals surface area contributed by atoms with Crippen molar-refractivity contribution in [2.75, 3.05) is 24.3 Å². The van der Waals surface area contributed by atoms with Crippen molar-refractivity contribution < 1.29 is 9.59 Å². The van der Waals surface area contributed by atoms with Crippen LogP contribution in [0.3, 0.4) is 0 Å². The van der Waals surface area contributed by atoms with Gasteiger partial charge in [0.2, 0.25) is 11.8 Å². The maximum absolute atomic E-state index is 12.9. The van der Waals surface area contributed by atoms with Crippen LogP contribution in [0.1, 0.15) is 63.1 Å². The summed E-state index contributed by atoms with van der Waals surface area (Å²) in [5.41, 5.74) is 3.99. The molecule has 2 amide bonds. The van der Waals surface area contributed by atoms with E-state index in [0.29, 0.717) is 13.0 Å². The Morgan fingerprint density at radius 1 is 1.06 bits per heavy atom. The van der Waals surface area contributed by atoms with Crippen molar-refractivity contribution in [1.82, 2.24) is 4.90 Å². The summed E-state index contributed by atoms with van der Waals surface area (Å²) < 4.78 is 0. The monoisotopic (exact) mass is 421 g/mol. The molecule has 1 aliphatic rings. The molecule has 0 heterocycles. The molecule has 2 aromatic carbocycles. The van der Waals surface area contributed by atoms with E-state index < -0.39 is 0 Å². The second-order valence-corrected chi connectivity index (χ2v) is 8.67. The smallest absolute Gasteiger partial charge is 0.227 e. The summed E-state index contributed by atoms with van der Waals surface area (Å²) in [6, 6.07) is 16.1. The highest BCUT2D eigenvalue weighted by Crippen LogP contribution is 2.30. The number of hydrogen-bond acceptors (Lipinski definition) is 3. The van der Waals surface area contributed by atoms with Crippen LogP contribution in [0.15, 0.2) is 48.5 Å². The van der Waals surface area contributed by atoms with Gasteiger partial charge in [-0.3, -0.25) is 9.59 Å². The molecule has 1 saturated carbocycles. The topological polar surface area (TPSA) is 52.7 Å². The molecule has 0 radical (unpaired) electrons. The van der Waals surface area contributed by atoms with Gasteiger partial charge in [-0.25, -0.2) is 0 Å². The van der Waals surface area contributed by atoms with Gasteiger partial charge in [0.05, 0.1) is 6.04 Å². The molecule has 0 saturated heterocycles. The molecule has 1 N–H and O–H groups in total. The predicted octanol–water partition coefficient (Wildman–Crippen LogP) is 5.38. The SMILES string of the molecule is CCC(=O)N(Cc1cc(NC(=O)C2CCCC2)ccc1N(C)C)[C@H](C)c1ccccc1. The molecule has 1 aliphatic carbocycles. The number of carbonyl (C=O) groups excluding carboxylic acids is 2. The van der Waals surface area contributed by atoms with Crippen molar-refractivity contribution in [3.05, 3.63) is 59.7 Å². The van der Waals surface area contributed by atoms with E-state index in [4.69, 9.17) is 0 Å². The van der Waals surface area contributed by atoms with Gasteiger partial charge in [-0.15, -0.1) is 0 Å². The third-order valence-electron chi connectivity index (χ3n) is 6.27. The van der Waals surface area contributed by atoms with Crippen molar-refractivity contribution in [1.29, 1.82) is 0 Å². The van der Waals surface area contributed by atoms with E-state index in [1.165, 1.54) is 0 Å². The predicted molar refractivity (Wildman–Crippen MR) is 127 cm³/mol. The maximum Gasteiger partial charge on any atom is 0.227 e. The van der Waals surface area contributed by atoms with Gasteiger partial charge in [0.1, 0.15) is 0 Å².